The van der Waals surface area contributed by atoms with Crippen molar-refractivity contribution in [2.24, 2.45) is 0 Å². The number of furan rings is 1. The number of H-pyrrole nitrogens is 1. The van der Waals surface area contributed by atoms with Crippen molar-refractivity contribution in [3.05, 3.63) is 95.6 Å². The second-order valence-corrected chi connectivity index (χ2v) is 7.72. The Bertz CT molecular complexity index is 1080. The number of aryl methyl sites for hydroxylation is 2. The molecule has 0 saturated heterocycles. The van der Waals surface area contributed by atoms with Crippen molar-refractivity contribution in [1.82, 2.24) is 10.3 Å². The van der Waals surface area contributed by atoms with E-state index in [0.717, 1.165) is 25.0 Å². The molecule has 4 nitrogen and oxygen atoms in total. The van der Waals surface area contributed by atoms with Crippen molar-refractivity contribution >= 4 is 16.8 Å². The first kappa shape index (κ1) is 20.0. The highest BCUT2D eigenvalue weighted by atomic mass is 16.3. The highest BCUT2D eigenvalue weighted by Crippen LogP contribution is 2.33. The van der Waals surface area contributed by atoms with E-state index >= 15 is 0 Å². The van der Waals surface area contributed by atoms with Gasteiger partial charge in [0.1, 0.15) is 5.76 Å². The molecule has 0 radical (unpaired) electrons. The third kappa shape index (κ3) is 4.65. The Morgan fingerprint density at radius 2 is 1.93 bits per heavy atom. The van der Waals surface area contributed by atoms with Crippen LogP contribution in [0.25, 0.3) is 10.9 Å². The van der Waals surface area contributed by atoms with Crippen LogP contribution < -0.4 is 5.32 Å². The van der Waals surface area contributed by atoms with Gasteiger partial charge in [-0.3, -0.25) is 4.79 Å². The number of para-hydroxylation sites is 1. The molecular formula is C26H28N2O2. The van der Waals surface area contributed by atoms with Crippen LogP contribution in [0.1, 0.15) is 48.1 Å². The topological polar surface area (TPSA) is 58.0 Å². The molecule has 1 unspecified atom stereocenters. The molecule has 2 N–H and O–H groups in total. The van der Waals surface area contributed by atoms with E-state index in [0.29, 0.717) is 13.0 Å². The molecule has 0 aliphatic heterocycles. The molecule has 0 spiro atoms. The Kier molecular flexibility index (Phi) is 6.33. The number of hydrogen-bond donors (Lipinski definition) is 2. The Morgan fingerprint density at radius 1 is 1.07 bits per heavy atom. The van der Waals surface area contributed by atoms with Crippen molar-refractivity contribution in [2.45, 2.75) is 45.1 Å². The molecular weight excluding hydrogens is 372 g/mol. The van der Waals surface area contributed by atoms with Crippen molar-refractivity contribution in [3.8, 4) is 0 Å². The molecule has 0 fully saturated rings. The number of carbonyl (C=O) groups excluding carboxylic acids is 1. The number of hydrogen-bond acceptors (Lipinski definition) is 2. The van der Waals surface area contributed by atoms with Crippen LogP contribution in [0.5, 0.6) is 0 Å². The van der Waals surface area contributed by atoms with Crippen LogP contribution in [-0.4, -0.2) is 10.9 Å². The minimum Gasteiger partial charge on any atom is -0.467 e. The summed E-state index contributed by atoms with van der Waals surface area (Å²) >= 11 is 0. The lowest BCUT2D eigenvalue weighted by molar-refractivity contribution is -0.121. The van der Waals surface area contributed by atoms with Crippen LogP contribution in [0, 0.1) is 0 Å². The number of nitrogens with one attached hydrogen (secondary N) is 2. The molecule has 0 aliphatic rings. The van der Waals surface area contributed by atoms with E-state index in [1.807, 2.05) is 18.2 Å². The quantitative estimate of drug-likeness (QED) is 0.376. The number of aromatic amines is 1. The fraction of sp³-hybridized carbons (Fsp3) is 0.269. The van der Waals surface area contributed by atoms with E-state index in [4.69, 9.17) is 4.42 Å². The maximum Gasteiger partial charge on any atom is 0.220 e. The van der Waals surface area contributed by atoms with Gasteiger partial charge in [0.25, 0.3) is 0 Å². The SMILES string of the molecule is CCc1cccc2c(C(CCc3ccccc3)CC(=O)NCc3ccco3)c[nH]c12. The maximum absolute atomic E-state index is 12.8. The van der Waals surface area contributed by atoms with E-state index in [1.165, 1.54) is 27.6 Å². The predicted octanol–water partition coefficient (Wildman–Crippen LogP) is 5.75. The summed E-state index contributed by atoms with van der Waals surface area (Å²) in [5.41, 5.74) is 5.02. The Labute approximate surface area is 177 Å². The fourth-order valence-corrected chi connectivity index (χ4v) is 4.12. The minimum absolute atomic E-state index is 0.0467. The number of fused-ring (bicyclic) bond motifs is 1. The summed E-state index contributed by atoms with van der Waals surface area (Å²) in [7, 11) is 0. The first-order valence-corrected chi connectivity index (χ1v) is 10.7. The van der Waals surface area contributed by atoms with Crippen molar-refractivity contribution < 1.29 is 9.21 Å². The van der Waals surface area contributed by atoms with Gasteiger partial charge in [-0.25, -0.2) is 0 Å². The highest BCUT2D eigenvalue weighted by molar-refractivity contribution is 5.87. The van der Waals surface area contributed by atoms with Gasteiger partial charge in [-0.05, 0) is 54.0 Å². The number of rotatable bonds is 9. The maximum atomic E-state index is 12.8. The average Bonchev–Trinajstić information content (AvgIpc) is 3.45. The number of amides is 1. The zero-order valence-corrected chi connectivity index (χ0v) is 17.4. The summed E-state index contributed by atoms with van der Waals surface area (Å²) in [6.07, 6.45) is 7.02. The van der Waals surface area contributed by atoms with Gasteiger partial charge in [-0.2, -0.15) is 0 Å². The summed E-state index contributed by atoms with van der Waals surface area (Å²) in [5, 5.41) is 4.23. The monoisotopic (exact) mass is 400 g/mol. The molecule has 4 heteroatoms. The van der Waals surface area contributed by atoms with Crippen LogP contribution in [0.15, 0.2) is 77.5 Å². The molecule has 0 saturated carbocycles. The molecule has 1 amide bonds. The third-order valence-electron chi connectivity index (χ3n) is 5.75. The van der Waals surface area contributed by atoms with Crippen molar-refractivity contribution in [3.63, 3.8) is 0 Å². The predicted molar refractivity (Wildman–Crippen MR) is 120 cm³/mol. The fourth-order valence-electron chi connectivity index (χ4n) is 4.12. The molecule has 2 aromatic heterocycles. The van der Waals surface area contributed by atoms with Gasteiger partial charge in [0.15, 0.2) is 0 Å². The largest absolute Gasteiger partial charge is 0.467 e. The van der Waals surface area contributed by atoms with Crippen LogP contribution in [-0.2, 0) is 24.2 Å². The first-order chi connectivity index (χ1) is 14.7. The molecule has 0 aliphatic carbocycles. The second kappa shape index (κ2) is 9.49. The van der Waals surface area contributed by atoms with Gasteiger partial charge in [-0.15, -0.1) is 0 Å². The van der Waals surface area contributed by atoms with E-state index in [-0.39, 0.29) is 11.8 Å². The molecule has 1 atom stereocenters. The van der Waals surface area contributed by atoms with Gasteiger partial charge >= 0.3 is 0 Å². The lowest BCUT2D eigenvalue weighted by Crippen LogP contribution is -2.24. The van der Waals surface area contributed by atoms with Gasteiger partial charge in [-0.1, -0.05) is 55.5 Å². The summed E-state index contributed by atoms with van der Waals surface area (Å²) in [6, 6.07) is 20.6. The summed E-state index contributed by atoms with van der Waals surface area (Å²) in [4.78, 5) is 16.2. The number of aromatic nitrogens is 1. The molecule has 154 valence electrons. The standard InChI is InChI=1S/C26H28N2O2/c1-2-20-10-6-12-23-24(18-28-26(20)23)21(14-13-19-8-4-3-5-9-19)16-25(29)27-17-22-11-7-15-30-22/h3-12,15,18,21,28H,2,13-14,16-17H2,1H3,(H,27,29). The number of benzene rings is 2. The van der Waals surface area contributed by atoms with Crippen molar-refractivity contribution in [2.75, 3.05) is 0 Å². The molecule has 0 bridgehead atoms. The van der Waals surface area contributed by atoms with Crippen LogP contribution >= 0.6 is 0 Å². The molecule has 4 aromatic rings. The lowest BCUT2D eigenvalue weighted by Gasteiger charge is -2.17. The highest BCUT2D eigenvalue weighted by Gasteiger charge is 2.20. The summed E-state index contributed by atoms with van der Waals surface area (Å²) in [6.45, 7) is 2.59. The molecule has 2 heterocycles. The molecule has 4 rings (SSSR count). The number of carbonyl (C=O) groups is 1. The Hall–Kier alpha value is -3.27. The molecule has 30 heavy (non-hydrogen) atoms. The average molecular weight is 401 g/mol. The lowest BCUT2D eigenvalue weighted by atomic mass is 9.88. The zero-order chi connectivity index (χ0) is 20.8. The van der Waals surface area contributed by atoms with E-state index < -0.39 is 0 Å². The van der Waals surface area contributed by atoms with Gasteiger partial charge in [0.2, 0.25) is 5.91 Å². The van der Waals surface area contributed by atoms with Gasteiger partial charge in [0, 0.05) is 23.5 Å². The summed E-state index contributed by atoms with van der Waals surface area (Å²) < 4.78 is 5.33. The van der Waals surface area contributed by atoms with Gasteiger partial charge in [0.05, 0.1) is 12.8 Å². The molecule has 2 aromatic carbocycles. The minimum atomic E-state index is 0.0467. The van der Waals surface area contributed by atoms with Crippen LogP contribution in [0.3, 0.4) is 0 Å². The van der Waals surface area contributed by atoms with E-state index in [9.17, 15) is 4.79 Å². The second-order valence-electron chi connectivity index (χ2n) is 7.72. The zero-order valence-electron chi connectivity index (χ0n) is 17.4. The van der Waals surface area contributed by atoms with E-state index in [1.54, 1.807) is 6.26 Å². The third-order valence-corrected chi connectivity index (χ3v) is 5.75. The first-order valence-electron chi connectivity index (χ1n) is 10.7. The smallest absolute Gasteiger partial charge is 0.220 e. The normalized spacial score (nSPS) is 12.2. The van der Waals surface area contributed by atoms with Crippen molar-refractivity contribution in [1.29, 1.82) is 0 Å². The van der Waals surface area contributed by atoms with Crippen LogP contribution in [0.2, 0.25) is 0 Å². The Morgan fingerprint density at radius 3 is 2.70 bits per heavy atom. The van der Waals surface area contributed by atoms with Crippen LogP contribution in [0.4, 0.5) is 0 Å². The Balaban J connectivity index is 1.54. The van der Waals surface area contributed by atoms with Gasteiger partial charge < -0.3 is 14.7 Å². The van der Waals surface area contributed by atoms with E-state index in [2.05, 4.69) is 65.9 Å². The summed E-state index contributed by atoms with van der Waals surface area (Å²) in [5.74, 6) is 0.956.